The summed E-state index contributed by atoms with van der Waals surface area (Å²) in [5.41, 5.74) is 0. The fourth-order valence-corrected chi connectivity index (χ4v) is 2.10. The summed E-state index contributed by atoms with van der Waals surface area (Å²) in [5.74, 6) is 0.936. The number of hydrogen-bond acceptors (Lipinski definition) is 3. The molecule has 1 saturated heterocycles. The average Bonchev–Trinajstić information content (AvgIpc) is 2.23. The van der Waals surface area contributed by atoms with E-state index in [-0.39, 0.29) is 5.38 Å². The third-order valence-electron chi connectivity index (χ3n) is 2.68. The number of aromatic nitrogens is 2. The van der Waals surface area contributed by atoms with Gasteiger partial charge in [-0.3, -0.25) is 0 Å². The van der Waals surface area contributed by atoms with Crippen molar-refractivity contribution in [3.63, 3.8) is 0 Å². The van der Waals surface area contributed by atoms with Crippen LogP contribution in [-0.4, -0.2) is 28.2 Å². The lowest BCUT2D eigenvalue weighted by molar-refractivity contribution is 0.484. The third-order valence-corrected chi connectivity index (χ3v) is 3.03. The Morgan fingerprint density at radius 2 is 2.36 bits per heavy atom. The number of alkyl halides is 1. The van der Waals surface area contributed by atoms with E-state index in [1.165, 1.54) is 0 Å². The number of rotatable bonds is 1. The molecule has 0 spiro atoms. The molecule has 2 atom stereocenters. The Labute approximate surface area is 89.1 Å². The summed E-state index contributed by atoms with van der Waals surface area (Å²) in [4.78, 5) is 2.23. The topological polar surface area (TPSA) is 29.0 Å². The second-order valence-electron chi connectivity index (χ2n) is 3.76. The predicted octanol–water partition coefficient (Wildman–Crippen LogP) is 2.07. The molecule has 76 valence electrons. The van der Waals surface area contributed by atoms with Crippen LogP contribution < -0.4 is 4.90 Å². The van der Waals surface area contributed by atoms with Crippen LogP contribution in [0, 0.1) is 0 Å². The lowest BCUT2D eigenvalue weighted by Crippen LogP contribution is -2.42. The smallest absolute Gasteiger partial charge is 0.151 e. The summed E-state index contributed by atoms with van der Waals surface area (Å²) in [5, 5.41) is 8.23. The van der Waals surface area contributed by atoms with Crippen molar-refractivity contribution in [3.05, 3.63) is 18.3 Å². The molecule has 0 N–H and O–H groups in total. The molecule has 2 unspecified atom stereocenters. The molecule has 1 fully saturated rings. The van der Waals surface area contributed by atoms with E-state index in [4.69, 9.17) is 11.6 Å². The molecular weight excluding hydrogens is 198 g/mol. The zero-order valence-electron chi connectivity index (χ0n) is 8.23. The summed E-state index contributed by atoms with van der Waals surface area (Å²) < 4.78 is 0. The van der Waals surface area contributed by atoms with Crippen LogP contribution in [0.2, 0.25) is 0 Å². The second-order valence-corrected chi connectivity index (χ2v) is 4.38. The van der Waals surface area contributed by atoms with Crippen LogP contribution in [0.3, 0.4) is 0 Å². The second kappa shape index (κ2) is 4.13. The van der Waals surface area contributed by atoms with Crippen molar-refractivity contribution >= 4 is 17.4 Å². The molecule has 3 nitrogen and oxygen atoms in total. The Kier molecular flexibility index (Phi) is 2.87. The van der Waals surface area contributed by atoms with Crippen molar-refractivity contribution in [2.75, 3.05) is 11.4 Å². The SMILES string of the molecule is CC1CCC(Cl)CN1c1cccnn1. The maximum Gasteiger partial charge on any atom is 0.151 e. The molecule has 1 aromatic heterocycles. The maximum absolute atomic E-state index is 6.14. The van der Waals surface area contributed by atoms with Gasteiger partial charge in [-0.1, -0.05) is 0 Å². The van der Waals surface area contributed by atoms with Crippen LogP contribution in [0.4, 0.5) is 5.82 Å². The van der Waals surface area contributed by atoms with Crippen molar-refractivity contribution in [1.82, 2.24) is 10.2 Å². The van der Waals surface area contributed by atoms with Gasteiger partial charge < -0.3 is 4.90 Å². The highest BCUT2D eigenvalue weighted by atomic mass is 35.5. The van der Waals surface area contributed by atoms with Crippen molar-refractivity contribution in [1.29, 1.82) is 0 Å². The van der Waals surface area contributed by atoms with Crippen LogP contribution in [0.1, 0.15) is 19.8 Å². The molecule has 0 radical (unpaired) electrons. The van der Waals surface area contributed by atoms with Gasteiger partial charge in [0.05, 0.1) is 5.38 Å². The molecule has 2 rings (SSSR count). The largest absolute Gasteiger partial charge is 0.351 e. The van der Waals surface area contributed by atoms with Crippen molar-refractivity contribution in [2.45, 2.75) is 31.2 Å². The van der Waals surface area contributed by atoms with Crippen molar-refractivity contribution < 1.29 is 0 Å². The third kappa shape index (κ3) is 1.98. The summed E-state index contributed by atoms with van der Waals surface area (Å²) in [6, 6.07) is 4.41. The molecule has 2 heterocycles. The Morgan fingerprint density at radius 3 is 3.07 bits per heavy atom. The van der Waals surface area contributed by atoms with E-state index >= 15 is 0 Å². The van der Waals surface area contributed by atoms with Crippen LogP contribution >= 0.6 is 11.6 Å². The van der Waals surface area contributed by atoms with Gasteiger partial charge in [-0.05, 0) is 31.9 Å². The first-order valence-corrected chi connectivity index (χ1v) is 5.39. The highest BCUT2D eigenvalue weighted by Crippen LogP contribution is 2.24. The van der Waals surface area contributed by atoms with Gasteiger partial charge in [0.1, 0.15) is 0 Å². The lowest BCUT2D eigenvalue weighted by Gasteiger charge is -2.36. The van der Waals surface area contributed by atoms with Gasteiger partial charge in [0.25, 0.3) is 0 Å². The zero-order chi connectivity index (χ0) is 9.97. The summed E-state index contributed by atoms with van der Waals surface area (Å²) in [7, 11) is 0. The molecule has 1 aliphatic rings. The standard InChI is InChI=1S/C10H14ClN3/c1-8-4-5-9(11)7-14(8)10-3-2-6-12-13-10/h2-3,6,8-9H,4-5,7H2,1H3. The van der Waals surface area contributed by atoms with E-state index < -0.39 is 0 Å². The van der Waals surface area contributed by atoms with Gasteiger partial charge in [0.2, 0.25) is 0 Å². The fourth-order valence-electron chi connectivity index (χ4n) is 1.83. The quantitative estimate of drug-likeness (QED) is 0.666. The number of piperidine rings is 1. The molecule has 0 aromatic carbocycles. The van der Waals surface area contributed by atoms with Gasteiger partial charge in [0, 0.05) is 18.8 Å². The Balaban J connectivity index is 2.16. The predicted molar refractivity (Wildman–Crippen MR) is 57.7 cm³/mol. The van der Waals surface area contributed by atoms with Crippen LogP contribution in [0.5, 0.6) is 0 Å². The molecule has 0 bridgehead atoms. The highest BCUT2D eigenvalue weighted by molar-refractivity contribution is 6.21. The van der Waals surface area contributed by atoms with E-state index in [9.17, 15) is 0 Å². The molecule has 4 heteroatoms. The normalized spacial score (nSPS) is 27.7. The van der Waals surface area contributed by atoms with Crippen molar-refractivity contribution in [2.24, 2.45) is 0 Å². The van der Waals surface area contributed by atoms with Gasteiger partial charge in [-0.2, -0.15) is 5.10 Å². The lowest BCUT2D eigenvalue weighted by atomic mass is 10.0. The van der Waals surface area contributed by atoms with Crippen LogP contribution in [-0.2, 0) is 0 Å². The summed E-state index contributed by atoms with van der Waals surface area (Å²) >= 11 is 6.14. The molecule has 0 amide bonds. The van der Waals surface area contributed by atoms with Crippen LogP contribution in [0.25, 0.3) is 0 Å². The minimum atomic E-state index is 0.244. The minimum Gasteiger partial charge on any atom is -0.351 e. The van der Waals surface area contributed by atoms with Crippen molar-refractivity contribution in [3.8, 4) is 0 Å². The Bertz CT molecular complexity index is 291. The van der Waals surface area contributed by atoms with E-state index in [1.54, 1.807) is 6.20 Å². The van der Waals surface area contributed by atoms with E-state index in [0.29, 0.717) is 6.04 Å². The van der Waals surface area contributed by atoms with E-state index in [2.05, 4.69) is 22.0 Å². The highest BCUT2D eigenvalue weighted by Gasteiger charge is 2.24. The average molecular weight is 212 g/mol. The van der Waals surface area contributed by atoms with E-state index in [1.807, 2.05) is 12.1 Å². The monoisotopic (exact) mass is 211 g/mol. The maximum atomic E-state index is 6.14. The first-order chi connectivity index (χ1) is 6.77. The molecule has 0 saturated carbocycles. The van der Waals surface area contributed by atoms with Gasteiger partial charge in [-0.15, -0.1) is 16.7 Å². The first kappa shape index (κ1) is 9.71. The number of halogens is 1. The molecule has 1 aromatic rings. The first-order valence-electron chi connectivity index (χ1n) is 4.96. The Morgan fingerprint density at radius 1 is 1.50 bits per heavy atom. The summed E-state index contributed by atoms with van der Waals surface area (Å²) in [6.07, 6.45) is 3.92. The molecule has 1 aliphatic heterocycles. The molecule has 0 aliphatic carbocycles. The Hall–Kier alpha value is -0.830. The fraction of sp³-hybridized carbons (Fsp3) is 0.600. The minimum absolute atomic E-state index is 0.244. The number of nitrogens with zero attached hydrogens (tertiary/aromatic N) is 3. The molecular formula is C10H14ClN3. The van der Waals surface area contributed by atoms with Gasteiger partial charge in [-0.25, -0.2) is 0 Å². The van der Waals surface area contributed by atoms with Gasteiger partial charge in [0.15, 0.2) is 5.82 Å². The number of anilines is 1. The summed E-state index contributed by atoms with van der Waals surface area (Å²) in [6.45, 7) is 3.08. The van der Waals surface area contributed by atoms with Gasteiger partial charge >= 0.3 is 0 Å². The molecule has 14 heavy (non-hydrogen) atoms. The number of hydrogen-bond donors (Lipinski definition) is 0. The van der Waals surface area contributed by atoms with E-state index in [0.717, 1.165) is 25.2 Å². The zero-order valence-corrected chi connectivity index (χ0v) is 8.98. The van der Waals surface area contributed by atoms with Crippen LogP contribution in [0.15, 0.2) is 18.3 Å².